The monoisotopic (exact) mass is 283 g/mol. The number of aromatic nitrogens is 2. The van der Waals surface area contributed by atoms with Gasteiger partial charge in [-0.1, -0.05) is 32.4 Å². The van der Waals surface area contributed by atoms with E-state index < -0.39 is 0 Å². The van der Waals surface area contributed by atoms with Crippen molar-refractivity contribution in [3.8, 4) is 0 Å². The first-order chi connectivity index (χ1) is 9.01. The average molecular weight is 284 g/mol. The van der Waals surface area contributed by atoms with E-state index in [4.69, 9.17) is 11.6 Å². The first-order valence-corrected chi connectivity index (χ1v) is 7.86. The van der Waals surface area contributed by atoms with Crippen molar-refractivity contribution >= 4 is 11.6 Å². The molecule has 3 nitrogen and oxygen atoms in total. The van der Waals surface area contributed by atoms with Crippen molar-refractivity contribution in [2.45, 2.75) is 66.0 Å². The Bertz CT molecular complexity index is 433. The Morgan fingerprint density at radius 3 is 2.53 bits per heavy atom. The Balaban J connectivity index is 2.12. The molecule has 1 aliphatic rings. The molecule has 4 heteroatoms. The van der Waals surface area contributed by atoms with Gasteiger partial charge in [-0.2, -0.15) is 5.10 Å². The Morgan fingerprint density at radius 2 is 2.05 bits per heavy atom. The first kappa shape index (κ1) is 14.9. The molecule has 0 bridgehead atoms. The number of nitrogens with zero attached hydrogens (tertiary/aromatic N) is 2. The lowest BCUT2D eigenvalue weighted by atomic mass is 9.99. The minimum atomic E-state index is 0.422. The second-order valence-electron chi connectivity index (χ2n) is 6.09. The van der Waals surface area contributed by atoms with Crippen molar-refractivity contribution in [2.24, 2.45) is 5.41 Å². The summed E-state index contributed by atoms with van der Waals surface area (Å²) >= 11 is 6.50. The van der Waals surface area contributed by atoms with Gasteiger partial charge in [-0.3, -0.25) is 4.68 Å². The lowest BCUT2D eigenvalue weighted by Crippen LogP contribution is -2.31. The molecule has 1 aromatic rings. The summed E-state index contributed by atoms with van der Waals surface area (Å²) in [6, 6.07) is 0.551. The Kier molecular flexibility index (Phi) is 4.57. The van der Waals surface area contributed by atoms with E-state index in [9.17, 15) is 0 Å². The molecule has 1 aromatic heterocycles. The summed E-state index contributed by atoms with van der Waals surface area (Å²) in [5.74, 6) is 0. The molecule has 2 rings (SSSR count). The smallest absolute Gasteiger partial charge is 0.0850 e. The fourth-order valence-corrected chi connectivity index (χ4v) is 2.89. The number of hydrogen-bond acceptors (Lipinski definition) is 2. The molecule has 19 heavy (non-hydrogen) atoms. The highest BCUT2D eigenvalue weighted by Gasteiger charge is 2.43. The molecular formula is C15H26ClN3. The van der Waals surface area contributed by atoms with Gasteiger partial charge in [0.2, 0.25) is 0 Å². The largest absolute Gasteiger partial charge is 0.314 e. The van der Waals surface area contributed by atoms with Crippen molar-refractivity contribution in [3.63, 3.8) is 0 Å². The summed E-state index contributed by atoms with van der Waals surface area (Å²) in [7, 11) is 0. The van der Waals surface area contributed by atoms with Crippen LogP contribution in [0.25, 0.3) is 0 Å². The second kappa shape index (κ2) is 5.84. The maximum absolute atomic E-state index is 6.50. The van der Waals surface area contributed by atoms with Crippen molar-refractivity contribution in [3.05, 3.63) is 16.4 Å². The van der Waals surface area contributed by atoms with E-state index in [-0.39, 0.29) is 0 Å². The Labute approximate surface area is 121 Å². The van der Waals surface area contributed by atoms with Crippen molar-refractivity contribution < 1.29 is 0 Å². The number of aryl methyl sites for hydroxylation is 2. The minimum absolute atomic E-state index is 0.422. The van der Waals surface area contributed by atoms with Crippen LogP contribution in [0.4, 0.5) is 0 Å². The van der Waals surface area contributed by atoms with Crippen LogP contribution in [0.5, 0.6) is 0 Å². The highest BCUT2D eigenvalue weighted by molar-refractivity contribution is 6.31. The van der Waals surface area contributed by atoms with E-state index in [1.807, 2.05) is 0 Å². The molecule has 0 spiro atoms. The molecule has 1 saturated carbocycles. The molecule has 0 aliphatic heterocycles. The maximum atomic E-state index is 6.50. The van der Waals surface area contributed by atoms with Crippen LogP contribution in [0.3, 0.4) is 0 Å². The van der Waals surface area contributed by atoms with E-state index in [1.165, 1.54) is 18.5 Å². The SMILES string of the molecule is CCc1nn(CC)c(CC2(CNC(C)C)CC2)c1Cl. The lowest BCUT2D eigenvalue weighted by Gasteiger charge is -2.18. The standard InChI is InChI=1S/C15H26ClN3/c1-5-12-14(16)13(19(6-2)18-12)9-15(7-8-15)10-17-11(3)4/h11,17H,5-10H2,1-4H3. The molecule has 0 aromatic carbocycles. The zero-order valence-electron chi connectivity index (χ0n) is 12.6. The van der Waals surface area contributed by atoms with E-state index >= 15 is 0 Å². The molecule has 1 aliphatic carbocycles. The van der Waals surface area contributed by atoms with Crippen LogP contribution < -0.4 is 5.32 Å². The number of nitrogens with one attached hydrogen (secondary N) is 1. The topological polar surface area (TPSA) is 29.9 Å². The van der Waals surface area contributed by atoms with Gasteiger partial charge in [0.25, 0.3) is 0 Å². The van der Waals surface area contributed by atoms with Crippen molar-refractivity contribution in [2.75, 3.05) is 6.54 Å². The molecule has 0 radical (unpaired) electrons. The normalized spacial score (nSPS) is 17.2. The van der Waals surface area contributed by atoms with Crippen molar-refractivity contribution in [1.29, 1.82) is 0 Å². The van der Waals surface area contributed by atoms with Crippen LogP contribution >= 0.6 is 11.6 Å². The van der Waals surface area contributed by atoms with Crippen LogP contribution in [-0.2, 0) is 19.4 Å². The highest BCUT2D eigenvalue weighted by Crippen LogP contribution is 2.48. The van der Waals surface area contributed by atoms with Gasteiger partial charge in [-0.15, -0.1) is 0 Å². The fraction of sp³-hybridized carbons (Fsp3) is 0.800. The summed E-state index contributed by atoms with van der Waals surface area (Å²) in [4.78, 5) is 0. The Morgan fingerprint density at radius 1 is 1.37 bits per heavy atom. The highest BCUT2D eigenvalue weighted by atomic mass is 35.5. The molecular weight excluding hydrogens is 258 g/mol. The number of halogens is 1. The molecule has 0 atom stereocenters. The van der Waals surface area contributed by atoms with Crippen LogP contribution in [0.2, 0.25) is 5.02 Å². The third-order valence-corrected chi connectivity index (χ3v) is 4.52. The predicted molar refractivity (Wildman–Crippen MR) is 80.8 cm³/mol. The van der Waals surface area contributed by atoms with E-state index in [2.05, 4.69) is 42.8 Å². The lowest BCUT2D eigenvalue weighted by molar-refractivity contribution is 0.416. The zero-order valence-corrected chi connectivity index (χ0v) is 13.3. The van der Waals surface area contributed by atoms with Gasteiger partial charge in [0.15, 0.2) is 0 Å². The van der Waals surface area contributed by atoms with Crippen LogP contribution in [0.1, 0.15) is 51.9 Å². The third kappa shape index (κ3) is 3.32. The quantitative estimate of drug-likeness (QED) is 0.831. The Hall–Kier alpha value is -0.540. The fourth-order valence-electron chi connectivity index (χ4n) is 2.55. The van der Waals surface area contributed by atoms with Gasteiger partial charge in [0.05, 0.1) is 16.4 Å². The zero-order chi connectivity index (χ0) is 14.0. The first-order valence-electron chi connectivity index (χ1n) is 7.48. The summed E-state index contributed by atoms with van der Waals surface area (Å²) in [5, 5.41) is 9.09. The van der Waals surface area contributed by atoms with Gasteiger partial charge in [0.1, 0.15) is 0 Å². The molecule has 0 amide bonds. The van der Waals surface area contributed by atoms with Crippen LogP contribution in [0.15, 0.2) is 0 Å². The number of rotatable bonds is 7. The average Bonchev–Trinajstić information content (AvgIpc) is 3.09. The summed E-state index contributed by atoms with van der Waals surface area (Å²) < 4.78 is 2.09. The molecule has 1 N–H and O–H groups in total. The predicted octanol–water partition coefficient (Wildman–Crippen LogP) is 3.44. The maximum Gasteiger partial charge on any atom is 0.0850 e. The summed E-state index contributed by atoms with van der Waals surface area (Å²) in [6.07, 6.45) is 4.58. The number of hydrogen-bond donors (Lipinski definition) is 1. The van der Waals surface area contributed by atoms with Crippen molar-refractivity contribution in [1.82, 2.24) is 15.1 Å². The molecule has 0 saturated heterocycles. The third-order valence-electron chi connectivity index (χ3n) is 4.08. The van der Waals surface area contributed by atoms with Gasteiger partial charge in [0, 0.05) is 19.1 Å². The van der Waals surface area contributed by atoms with Gasteiger partial charge >= 0.3 is 0 Å². The van der Waals surface area contributed by atoms with Gasteiger partial charge in [-0.05, 0) is 38.0 Å². The molecule has 0 unspecified atom stereocenters. The summed E-state index contributed by atoms with van der Waals surface area (Å²) in [6.45, 7) is 10.7. The second-order valence-corrected chi connectivity index (χ2v) is 6.47. The van der Waals surface area contributed by atoms with Gasteiger partial charge < -0.3 is 5.32 Å². The summed E-state index contributed by atoms with van der Waals surface area (Å²) in [5.41, 5.74) is 2.71. The molecule has 1 fully saturated rings. The molecule has 1 heterocycles. The van der Waals surface area contributed by atoms with E-state index in [1.54, 1.807) is 0 Å². The molecule has 108 valence electrons. The van der Waals surface area contributed by atoms with E-state index in [0.29, 0.717) is 11.5 Å². The van der Waals surface area contributed by atoms with Crippen LogP contribution in [0, 0.1) is 5.41 Å². The van der Waals surface area contributed by atoms with E-state index in [0.717, 1.165) is 36.6 Å². The van der Waals surface area contributed by atoms with Gasteiger partial charge in [-0.25, -0.2) is 0 Å². The minimum Gasteiger partial charge on any atom is -0.314 e. The van der Waals surface area contributed by atoms with Crippen LogP contribution in [-0.4, -0.2) is 22.4 Å².